The van der Waals surface area contributed by atoms with Gasteiger partial charge in [-0.2, -0.15) is 0 Å². The van der Waals surface area contributed by atoms with Crippen molar-refractivity contribution in [3.63, 3.8) is 0 Å². The predicted molar refractivity (Wildman–Crippen MR) is 114 cm³/mol. The third kappa shape index (κ3) is 5.30. The Hall–Kier alpha value is -3.19. The molecule has 6 nitrogen and oxygen atoms in total. The highest BCUT2D eigenvalue weighted by Crippen LogP contribution is 2.19. The molecule has 4 rings (SSSR count). The van der Waals surface area contributed by atoms with Crippen LogP contribution in [0, 0.1) is 5.82 Å². The number of hydrogen-bond donors (Lipinski definition) is 0. The Morgan fingerprint density at radius 2 is 2.16 bits per heavy atom. The molecule has 0 saturated carbocycles. The van der Waals surface area contributed by atoms with Gasteiger partial charge in [-0.3, -0.25) is 4.79 Å². The molecule has 1 fully saturated rings. The van der Waals surface area contributed by atoms with Crippen molar-refractivity contribution in [3.8, 4) is 5.75 Å². The van der Waals surface area contributed by atoms with Crippen LogP contribution < -0.4 is 4.74 Å². The van der Waals surface area contributed by atoms with Crippen molar-refractivity contribution in [2.45, 2.75) is 32.0 Å². The van der Waals surface area contributed by atoms with Gasteiger partial charge in [-0.15, -0.1) is 0 Å². The number of methoxy groups -OCH3 is 1. The second kappa shape index (κ2) is 9.75. The number of halogens is 1. The summed E-state index contributed by atoms with van der Waals surface area (Å²) < 4.78 is 26.8. The molecule has 1 atom stereocenters. The van der Waals surface area contributed by atoms with Crippen LogP contribution in [0.1, 0.15) is 34.6 Å². The molecule has 0 N–H and O–H groups in total. The first-order valence-corrected chi connectivity index (χ1v) is 10.4. The number of nitrogens with zero attached hydrogens (tertiary/aromatic N) is 3. The van der Waals surface area contributed by atoms with Gasteiger partial charge >= 0.3 is 0 Å². The molecule has 1 aliphatic heterocycles. The standard InChI is InChI=1S/C24H26FN3O3/c1-30-21-8-2-5-18(13-21)15-27-11-10-26-23(27)17-28(16-22-9-4-12-31-22)24(29)19-6-3-7-20(25)14-19/h2-3,5-8,10-11,13-14,22H,4,9,12,15-17H2,1H3. The monoisotopic (exact) mass is 423 g/mol. The molecule has 7 heteroatoms. The van der Waals surface area contributed by atoms with Crippen LogP contribution in [-0.2, 0) is 17.8 Å². The zero-order valence-electron chi connectivity index (χ0n) is 17.5. The molecular weight excluding hydrogens is 397 g/mol. The van der Waals surface area contributed by atoms with Crippen molar-refractivity contribution in [2.24, 2.45) is 0 Å². The maximum atomic E-state index is 13.7. The fourth-order valence-electron chi connectivity index (χ4n) is 3.83. The second-order valence-electron chi connectivity index (χ2n) is 7.65. The zero-order valence-corrected chi connectivity index (χ0v) is 17.5. The molecule has 31 heavy (non-hydrogen) atoms. The molecule has 0 bridgehead atoms. The number of carbonyl (C=O) groups excluding carboxylic acids is 1. The lowest BCUT2D eigenvalue weighted by atomic mass is 10.1. The first kappa shape index (κ1) is 21.1. The normalized spacial score (nSPS) is 15.7. The lowest BCUT2D eigenvalue weighted by Crippen LogP contribution is -2.37. The van der Waals surface area contributed by atoms with E-state index in [0.717, 1.165) is 30.0 Å². The van der Waals surface area contributed by atoms with E-state index >= 15 is 0 Å². The van der Waals surface area contributed by atoms with Crippen LogP contribution in [0.3, 0.4) is 0 Å². The van der Waals surface area contributed by atoms with E-state index in [2.05, 4.69) is 4.98 Å². The minimum Gasteiger partial charge on any atom is -0.497 e. The van der Waals surface area contributed by atoms with Gasteiger partial charge in [0, 0.05) is 37.7 Å². The van der Waals surface area contributed by atoms with E-state index in [9.17, 15) is 9.18 Å². The Balaban J connectivity index is 1.55. The summed E-state index contributed by atoms with van der Waals surface area (Å²) in [7, 11) is 1.64. The third-order valence-electron chi connectivity index (χ3n) is 5.43. The second-order valence-corrected chi connectivity index (χ2v) is 7.65. The summed E-state index contributed by atoms with van der Waals surface area (Å²) in [5.41, 5.74) is 1.39. The Morgan fingerprint density at radius 3 is 2.94 bits per heavy atom. The van der Waals surface area contributed by atoms with E-state index in [4.69, 9.17) is 9.47 Å². The minimum atomic E-state index is -0.428. The van der Waals surface area contributed by atoms with Crippen molar-refractivity contribution in [1.82, 2.24) is 14.5 Å². The van der Waals surface area contributed by atoms with Gasteiger partial charge in [0.15, 0.2) is 0 Å². The number of rotatable bonds is 8. The summed E-state index contributed by atoms with van der Waals surface area (Å²) in [6.07, 6.45) is 5.50. The summed E-state index contributed by atoms with van der Waals surface area (Å²) in [4.78, 5) is 19.4. The van der Waals surface area contributed by atoms with Gasteiger partial charge in [-0.1, -0.05) is 18.2 Å². The van der Waals surface area contributed by atoms with Crippen molar-refractivity contribution >= 4 is 5.91 Å². The van der Waals surface area contributed by atoms with E-state index in [1.54, 1.807) is 30.3 Å². The fourth-order valence-corrected chi connectivity index (χ4v) is 3.83. The van der Waals surface area contributed by atoms with Crippen LogP contribution in [0.4, 0.5) is 4.39 Å². The van der Waals surface area contributed by atoms with E-state index in [-0.39, 0.29) is 12.0 Å². The molecule has 0 radical (unpaired) electrons. The number of aromatic nitrogens is 2. The molecule has 0 aliphatic carbocycles. The molecule has 1 aliphatic rings. The van der Waals surface area contributed by atoms with Crippen molar-refractivity contribution in [3.05, 3.63) is 83.7 Å². The van der Waals surface area contributed by atoms with Gasteiger partial charge in [0.25, 0.3) is 5.91 Å². The molecular formula is C24H26FN3O3. The van der Waals surface area contributed by atoms with Gasteiger partial charge in [0.2, 0.25) is 0 Å². The minimum absolute atomic E-state index is 0.0145. The molecule has 2 aromatic carbocycles. The zero-order chi connectivity index (χ0) is 21.6. The predicted octanol–water partition coefficient (Wildman–Crippen LogP) is 3.90. The quantitative estimate of drug-likeness (QED) is 0.551. The highest BCUT2D eigenvalue weighted by Gasteiger charge is 2.25. The average molecular weight is 423 g/mol. The van der Waals surface area contributed by atoms with Gasteiger partial charge in [0.05, 0.1) is 19.8 Å². The van der Waals surface area contributed by atoms with Crippen molar-refractivity contribution < 1.29 is 18.7 Å². The van der Waals surface area contributed by atoms with Crippen LogP contribution in [0.5, 0.6) is 5.75 Å². The van der Waals surface area contributed by atoms with Gasteiger partial charge in [0.1, 0.15) is 17.4 Å². The summed E-state index contributed by atoms with van der Waals surface area (Å²) >= 11 is 0. The van der Waals surface area contributed by atoms with Gasteiger partial charge in [-0.05, 0) is 48.7 Å². The number of ether oxygens (including phenoxy) is 2. The third-order valence-corrected chi connectivity index (χ3v) is 5.43. The largest absolute Gasteiger partial charge is 0.497 e. The van der Waals surface area contributed by atoms with Crippen molar-refractivity contribution in [1.29, 1.82) is 0 Å². The van der Waals surface area contributed by atoms with Gasteiger partial charge < -0.3 is 18.9 Å². The molecule has 1 amide bonds. The first-order chi connectivity index (χ1) is 15.1. The maximum absolute atomic E-state index is 13.7. The van der Waals surface area contributed by atoms with Gasteiger partial charge in [-0.25, -0.2) is 9.37 Å². The lowest BCUT2D eigenvalue weighted by molar-refractivity contribution is 0.0498. The molecule has 0 spiro atoms. The number of imidazole rings is 1. The first-order valence-electron chi connectivity index (χ1n) is 10.4. The van der Waals surface area contributed by atoms with Crippen LogP contribution in [0.15, 0.2) is 60.9 Å². The van der Waals surface area contributed by atoms with E-state index in [0.29, 0.717) is 31.8 Å². The lowest BCUT2D eigenvalue weighted by Gasteiger charge is -2.26. The van der Waals surface area contributed by atoms with E-state index < -0.39 is 5.82 Å². The SMILES string of the molecule is COc1cccc(Cn2ccnc2CN(CC2CCCO2)C(=O)c2cccc(F)c2)c1. The Labute approximate surface area is 181 Å². The molecule has 1 aromatic heterocycles. The number of amides is 1. The topological polar surface area (TPSA) is 56.6 Å². The summed E-state index contributed by atoms with van der Waals surface area (Å²) in [6.45, 7) is 2.07. The van der Waals surface area contributed by atoms with E-state index in [1.807, 2.05) is 35.0 Å². The van der Waals surface area contributed by atoms with Crippen molar-refractivity contribution in [2.75, 3.05) is 20.3 Å². The molecule has 2 heterocycles. The van der Waals surface area contributed by atoms with Crippen LogP contribution >= 0.6 is 0 Å². The number of carbonyl (C=O) groups is 1. The number of benzene rings is 2. The summed E-state index contributed by atoms with van der Waals surface area (Å²) in [5, 5.41) is 0. The highest BCUT2D eigenvalue weighted by atomic mass is 19.1. The smallest absolute Gasteiger partial charge is 0.254 e. The molecule has 3 aromatic rings. The average Bonchev–Trinajstić information content (AvgIpc) is 3.45. The highest BCUT2D eigenvalue weighted by molar-refractivity contribution is 5.94. The molecule has 1 unspecified atom stereocenters. The molecule has 162 valence electrons. The summed E-state index contributed by atoms with van der Waals surface area (Å²) in [5.74, 6) is 0.888. The van der Waals surface area contributed by atoms with E-state index in [1.165, 1.54) is 12.1 Å². The maximum Gasteiger partial charge on any atom is 0.254 e. The van der Waals surface area contributed by atoms with Crippen LogP contribution in [0.25, 0.3) is 0 Å². The Kier molecular flexibility index (Phi) is 6.62. The summed E-state index contributed by atoms with van der Waals surface area (Å²) in [6, 6.07) is 13.6. The van der Waals surface area contributed by atoms with Crippen LogP contribution in [-0.4, -0.2) is 46.7 Å². The number of hydrogen-bond acceptors (Lipinski definition) is 4. The molecule has 1 saturated heterocycles. The fraction of sp³-hybridized carbons (Fsp3) is 0.333. The Morgan fingerprint density at radius 1 is 1.29 bits per heavy atom. The Bertz CT molecular complexity index is 1030. The van der Waals surface area contributed by atoms with Crippen LogP contribution in [0.2, 0.25) is 0 Å².